The lowest BCUT2D eigenvalue weighted by Crippen LogP contribution is -2.34. The summed E-state index contributed by atoms with van der Waals surface area (Å²) in [6.45, 7) is 4.10. The van der Waals surface area contributed by atoms with Crippen LogP contribution in [0.2, 0.25) is 0 Å². The second-order valence-electron chi connectivity index (χ2n) is 5.95. The van der Waals surface area contributed by atoms with E-state index < -0.39 is 12.0 Å². The van der Waals surface area contributed by atoms with Crippen molar-refractivity contribution in [1.29, 1.82) is 0 Å². The largest absolute Gasteiger partial charge is 0.382 e. The topological polar surface area (TPSA) is 123 Å². The Morgan fingerprint density at radius 2 is 2.00 bits per heavy atom. The Hall–Kier alpha value is -1.81. The average Bonchev–Trinajstić information content (AvgIpc) is 3.10. The summed E-state index contributed by atoms with van der Waals surface area (Å²) in [4.78, 5) is 12.5. The smallest absolute Gasteiger partial charge is 0.167 e. The molecule has 2 unspecified atom stereocenters. The molecule has 2 aliphatic heterocycles. The minimum Gasteiger partial charge on any atom is -0.382 e. The molecule has 118 valence electrons. The molecule has 2 aliphatic rings. The molecule has 0 bridgehead atoms. The molecular formula is C13H18N6O3. The zero-order valence-corrected chi connectivity index (χ0v) is 12.3. The van der Waals surface area contributed by atoms with Crippen molar-refractivity contribution in [2.75, 3.05) is 12.3 Å². The number of nitrogen functional groups attached to an aromatic ring is 1. The Morgan fingerprint density at radius 3 is 2.77 bits per heavy atom. The van der Waals surface area contributed by atoms with Crippen LogP contribution < -0.4 is 11.5 Å². The number of rotatable bonds is 2. The molecular weight excluding hydrogens is 288 g/mol. The summed E-state index contributed by atoms with van der Waals surface area (Å²) in [5.41, 5.74) is 12.8. The third-order valence-electron chi connectivity index (χ3n) is 4.02. The van der Waals surface area contributed by atoms with Gasteiger partial charge in [0.1, 0.15) is 30.2 Å². The molecule has 0 saturated carbocycles. The number of fused-ring (bicyclic) bond motifs is 2. The van der Waals surface area contributed by atoms with Crippen molar-refractivity contribution < 1.29 is 14.2 Å². The van der Waals surface area contributed by atoms with E-state index in [0.717, 1.165) is 0 Å². The summed E-state index contributed by atoms with van der Waals surface area (Å²) in [5.74, 6) is -0.340. The van der Waals surface area contributed by atoms with Gasteiger partial charge in [-0.25, -0.2) is 15.0 Å². The molecule has 4 atom stereocenters. The highest BCUT2D eigenvalue weighted by atomic mass is 16.8. The minimum atomic E-state index is -0.671. The van der Waals surface area contributed by atoms with Crippen LogP contribution in [0.4, 0.5) is 5.82 Å². The number of imidazole rings is 1. The molecule has 4 N–H and O–H groups in total. The molecule has 0 spiro atoms. The number of hydrogen-bond donors (Lipinski definition) is 2. The maximum atomic E-state index is 6.01. The second kappa shape index (κ2) is 4.59. The van der Waals surface area contributed by atoms with Crippen molar-refractivity contribution in [1.82, 2.24) is 19.5 Å². The first-order valence-corrected chi connectivity index (χ1v) is 7.14. The Balaban J connectivity index is 1.77. The van der Waals surface area contributed by atoms with Crippen LogP contribution in [0.1, 0.15) is 20.1 Å². The van der Waals surface area contributed by atoms with Gasteiger partial charge < -0.3 is 25.7 Å². The maximum Gasteiger partial charge on any atom is 0.167 e. The normalized spacial score (nSPS) is 33.4. The Morgan fingerprint density at radius 1 is 1.23 bits per heavy atom. The fourth-order valence-electron chi connectivity index (χ4n) is 3.13. The third kappa shape index (κ3) is 1.90. The zero-order valence-electron chi connectivity index (χ0n) is 12.3. The van der Waals surface area contributed by atoms with E-state index in [0.29, 0.717) is 23.5 Å². The molecule has 2 aromatic rings. The summed E-state index contributed by atoms with van der Waals surface area (Å²) in [6, 6.07) is 0. The highest BCUT2D eigenvalue weighted by molar-refractivity contribution is 5.81. The lowest BCUT2D eigenvalue weighted by Gasteiger charge is -2.24. The van der Waals surface area contributed by atoms with Gasteiger partial charge in [-0.15, -0.1) is 0 Å². The van der Waals surface area contributed by atoms with Crippen molar-refractivity contribution in [3.63, 3.8) is 0 Å². The summed E-state index contributed by atoms with van der Waals surface area (Å²) < 4.78 is 19.7. The van der Waals surface area contributed by atoms with Crippen molar-refractivity contribution in [2.45, 2.75) is 44.2 Å². The van der Waals surface area contributed by atoms with Gasteiger partial charge in [0.2, 0.25) is 0 Å². The molecule has 4 heterocycles. The first-order chi connectivity index (χ1) is 10.5. The van der Waals surface area contributed by atoms with Gasteiger partial charge in [0.25, 0.3) is 0 Å². The molecule has 9 heteroatoms. The summed E-state index contributed by atoms with van der Waals surface area (Å²) in [7, 11) is 0. The number of aromatic nitrogens is 4. The number of nitrogens with two attached hydrogens (primary N) is 2. The van der Waals surface area contributed by atoms with E-state index in [1.807, 2.05) is 13.8 Å². The van der Waals surface area contributed by atoms with Crippen LogP contribution in [0.5, 0.6) is 0 Å². The molecule has 0 aliphatic carbocycles. The SMILES string of the molecule is CC1(C)OC2C(n3cnc4c(N)ncnc43)O[C@H](CN)[C@H]2O1. The van der Waals surface area contributed by atoms with E-state index in [2.05, 4.69) is 15.0 Å². The molecule has 0 aromatic carbocycles. The fraction of sp³-hybridized carbons (Fsp3) is 0.615. The molecule has 2 fully saturated rings. The van der Waals surface area contributed by atoms with E-state index >= 15 is 0 Å². The standard InChI is InChI=1S/C13H18N6O3/c1-13(2)21-8-6(3-14)20-12(9(8)22-13)19-5-18-7-10(15)16-4-17-11(7)19/h4-6,8-9,12H,3,14H2,1-2H3,(H2,15,16,17)/t6-,8-,9?,12?/m1/s1. The van der Waals surface area contributed by atoms with E-state index in [1.165, 1.54) is 6.33 Å². The minimum absolute atomic E-state index is 0.221. The highest BCUT2D eigenvalue weighted by Crippen LogP contribution is 2.43. The van der Waals surface area contributed by atoms with E-state index in [4.69, 9.17) is 25.7 Å². The zero-order chi connectivity index (χ0) is 15.5. The van der Waals surface area contributed by atoms with Gasteiger partial charge in [-0.2, -0.15) is 0 Å². The molecule has 2 saturated heterocycles. The molecule has 2 aromatic heterocycles. The molecule has 22 heavy (non-hydrogen) atoms. The van der Waals surface area contributed by atoms with Crippen molar-refractivity contribution >= 4 is 17.0 Å². The fourth-order valence-corrected chi connectivity index (χ4v) is 3.13. The first kappa shape index (κ1) is 13.8. The van der Waals surface area contributed by atoms with Gasteiger partial charge in [0, 0.05) is 6.54 Å². The van der Waals surface area contributed by atoms with Crippen molar-refractivity contribution in [3.8, 4) is 0 Å². The number of hydrogen-bond acceptors (Lipinski definition) is 8. The van der Waals surface area contributed by atoms with Crippen molar-refractivity contribution in [2.24, 2.45) is 5.73 Å². The Bertz CT molecular complexity index is 717. The van der Waals surface area contributed by atoms with Crippen LogP contribution in [0.3, 0.4) is 0 Å². The summed E-state index contributed by atoms with van der Waals surface area (Å²) in [6.07, 6.45) is 1.87. The van der Waals surface area contributed by atoms with Gasteiger partial charge >= 0.3 is 0 Å². The van der Waals surface area contributed by atoms with Crippen LogP contribution in [0.15, 0.2) is 12.7 Å². The summed E-state index contributed by atoms with van der Waals surface area (Å²) in [5, 5.41) is 0. The monoisotopic (exact) mass is 306 g/mol. The molecule has 0 radical (unpaired) electrons. The maximum absolute atomic E-state index is 6.01. The van der Waals surface area contributed by atoms with Crippen molar-refractivity contribution in [3.05, 3.63) is 12.7 Å². The van der Waals surface area contributed by atoms with Crippen LogP contribution in [0.25, 0.3) is 11.2 Å². The quantitative estimate of drug-likeness (QED) is 0.781. The highest BCUT2D eigenvalue weighted by Gasteiger charge is 2.55. The predicted octanol–water partition coefficient (Wildman–Crippen LogP) is -0.215. The number of anilines is 1. The van der Waals surface area contributed by atoms with Crippen LogP contribution in [-0.4, -0.2) is 50.2 Å². The van der Waals surface area contributed by atoms with Gasteiger partial charge in [-0.05, 0) is 13.8 Å². The van der Waals surface area contributed by atoms with Crippen LogP contribution >= 0.6 is 0 Å². The molecule has 4 rings (SSSR count). The van der Waals surface area contributed by atoms with Gasteiger partial charge in [0.05, 0.1) is 6.33 Å². The lowest BCUT2D eigenvalue weighted by molar-refractivity contribution is -0.195. The van der Waals surface area contributed by atoms with Crippen LogP contribution in [0, 0.1) is 0 Å². The third-order valence-corrected chi connectivity index (χ3v) is 4.02. The molecule has 0 amide bonds. The van der Waals surface area contributed by atoms with Gasteiger partial charge in [0.15, 0.2) is 23.5 Å². The van der Waals surface area contributed by atoms with Gasteiger partial charge in [-0.1, -0.05) is 0 Å². The lowest BCUT2D eigenvalue weighted by atomic mass is 10.1. The van der Waals surface area contributed by atoms with Crippen LogP contribution in [-0.2, 0) is 14.2 Å². The first-order valence-electron chi connectivity index (χ1n) is 7.14. The Labute approximate surface area is 126 Å². The molecule has 9 nitrogen and oxygen atoms in total. The second-order valence-corrected chi connectivity index (χ2v) is 5.95. The summed E-state index contributed by atoms with van der Waals surface area (Å²) >= 11 is 0. The number of nitrogens with zero attached hydrogens (tertiary/aromatic N) is 4. The average molecular weight is 306 g/mol. The number of ether oxygens (including phenoxy) is 3. The van der Waals surface area contributed by atoms with Gasteiger partial charge in [-0.3, -0.25) is 4.57 Å². The Kier molecular flexibility index (Phi) is 2.89. The van der Waals surface area contributed by atoms with E-state index in [-0.39, 0.29) is 18.3 Å². The predicted molar refractivity (Wildman–Crippen MR) is 76.5 cm³/mol. The van der Waals surface area contributed by atoms with E-state index in [9.17, 15) is 0 Å². The van der Waals surface area contributed by atoms with E-state index in [1.54, 1.807) is 10.9 Å².